The molecular formula is C23H27NO4S. The summed E-state index contributed by atoms with van der Waals surface area (Å²) in [7, 11) is 3.31. The molecule has 6 heteroatoms. The number of anilines is 1. The standard InChI is InChI=1S/C23H27NO4S/c1-26-21-11-10-16(12-22(21)28-19-7-3-4-8-19)17-13-23(25)24(15-17)18-6-5-9-20(14-18)29-27-2/h5-6,9-12,14,17,19H,3-4,7-8,13,15H2,1-2H3/t17-/m0/s1. The molecule has 0 spiro atoms. The number of rotatable bonds is 7. The van der Waals surface area contributed by atoms with E-state index in [0.717, 1.165) is 40.5 Å². The van der Waals surface area contributed by atoms with Crippen molar-refractivity contribution in [2.24, 2.45) is 0 Å². The van der Waals surface area contributed by atoms with Gasteiger partial charge in [0.2, 0.25) is 5.91 Å². The van der Waals surface area contributed by atoms with E-state index in [-0.39, 0.29) is 17.9 Å². The van der Waals surface area contributed by atoms with E-state index in [1.807, 2.05) is 35.2 Å². The van der Waals surface area contributed by atoms with E-state index in [1.54, 1.807) is 14.2 Å². The number of methoxy groups -OCH3 is 1. The van der Waals surface area contributed by atoms with E-state index < -0.39 is 0 Å². The van der Waals surface area contributed by atoms with Crippen LogP contribution in [0.15, 0.2) is 47.4 Å². The topological polar surface area (TPSA) is 48.0 Å². The van der Waals surface area contributed by atoms with Gasteiger partial charge in [-0.05, 0) is 61.6 Å². The summed E-state index contributed by atoms with van der Waals surface area (Å²) in [5, 5.41) is 0. The van der Waals surface area contributed by atoms with Gasteiger partial charge in [0.25, 0.3) is 0 Å². The molecule has 5 nitrogen and oxygen atoms in total. The van der Waals surface area contributed by atoms with E-state index in [9.17, 15) is 4.79 Å². The van der Waals surface area contributed by atoms with Gasteiger partial charge in [0.1, 0.15) is 0 Å². The van der Waals surface area contributed by atoms with Gasteiger partial charge < -0.3 is 18.6 Å². The third-order valence-electron chi connectivity index (χ3n) is 5.69. The Morgan fingerprint density at radius 1 is 1.03 bits per heavy atom. The van der Waals surface area contributed by atoms with Crippen LogP contribution in [0, 0.1) is 0 Å². The largest absolute Gasteiger partial charge is 0.493 e. The number of amides is 1. The molecule has 0 aromatic heterocycles. The van der Waals surface area contributed by atoms with Crippen molar-refractivity contribution in [2.75, 3.05) is 25.7 Å². The Morgan fingerprint density at radius 3 is 2.62 bits per heavy atom. The van der Waals surface area contributed by atoms with Gasteiger partial charge in [0.05, 0.1) is 20.3 Å². The molecule has 29 heavy (non-hydrogen) atoms. The van der Waals surface area contributed by atoms with Crippen LogP contribution in [-0.4, -0.2) is 32.8 Å². The third kappa shape index (κ3) is 4.54. The Hall–Kier alpha value is -2.18. The number of benzene rings is 2. The molecule has 0 radical (unpaired) electrons. The predicted molar refractivity (Wildman–Crippen MR) is 115 cm³/mol. The second-order valence-corrected chi connectivity index (χ2v) is 8.56. The second kappa shape index (κ2) is 9.09. The van der Waals surface area contributed by atoms with Crippen LogP contribution in [0.25, 0.3) is 0 Å². The number of hydrogen-bond donors (Lipinski definition) is 0. The molecule has 2 aliphatic rings. The summed E-state index contributed by atoms with van der Waals surface area (Å²) < 4.78 is 16.9. The highest BCUT2D eigenvalue weighted by Gasteiger charge is 2.32. The summed E-state index contributed by atoms with van der Waals surface area (Å²) in [6.07, 6.45) is 5.40. The molecule has 1 amide bonds. The van der Waals surface area contributed by atoms with Gasteiger partial charge in [0, 0.05) is 41.5 Å². The van der Waals surface area contributed by atoms with Crippen molar-refractivity contribution in [2.45, 2.75) is 49.0 Å². The SMILES string of the molecule is COSc1cccc(N2C[C@@H](c3ccc(OC)c(OC4CCCC4)c3)CC2=O)c1. The molecule has 1 heterocycles. The fourth-order valence-electron chi connectivity index (χ4n) is 4.20. The minimum Gasteiger partial charge on any atom is -0.493 e. The molecule has 0 N–H and O–H groups in total. The predicted octanol–water partition coefficient (Wildman–Crippen LogP) is 5.19. The van der Waals surface area contributed by atoms with E-state index >= 15 is 0 Å². The van der Waals surface area contributed by atoms with Crippen molar-refractivity contribution in [3.05, 3.63) is 48.0 Å². The molecule has 2 fully saturated rings. The molecule has 1 saturated carbocycles. The van der Waals surface area contributed by atoms with E-state index in [4.69, 9.17) is 13.7 Å². The first-order valence-corrected chi connectivity index (χ1v) is 10.9. The Labute approximate surface area is 176 Å². The van der Waals surface area contributed by atoms with Crippen molar-refractivity contribution in [1.82, 2.24) is 0 Å². The van der Waals surface area contributed by atoms with E-state index in [0.29, 0.717) is 13.0 Å². The van der Waals surface area contributed by atoms with Crippen LogP contribution in [0.5, 0.6) is 11.5 Å². The molecule has 0 bridgehead atoms. The summed E-state index contributed by atoms with van der Waals surface area (Å²) in [5.74, 6) is 1.83. The molecular weight excluding hydrogens is 386 g/mol. The van der Waals surface area contributed by atoms with Crippen LogP contribution in [0.3, 0.4) is 0 Å². The number of carbonyl (C=O) groups is 1. The lowest BCUT2D eigenvalue weighted by atomic mass is 9.98. The monoisotopic (exact) mass is 413 g/mol. The van der Waals surface area contributed by atoms with Gasteiger partial charge >= 0.3 is 0 Å². The molecule has 1 aliphatic heterocycles. The highest BCUT2D eigenvalue weighted by Crippen LogP contribution is 2.38. The van der Waals surface area contributed by atoms with Gasteiger partial charge in [-0.15, -0.1) is 0 Å². The number of ether oxygens (including phenoxy) is 2. The van der Waals surface area contributed by atoms with Gasteiger partial charge in [0.15, 0.2) is 11.5 Å². The van der Waals surface area contributed by atoms with Crippen LogP contribution in [0.4, 0.5) is 5.69 Å². The van der Waals surface area contributed by atoms with E-state index in [1.165, 1.54) is 24.9 Å². The van der Waals surface area contributed by atoms with Crippen molar-refractivity contribution < 1.29 is 18.5 Å². The van der Waals surface area contributed by atoms with Crippen molar-refractivity contribution in [3.63, 3.8) is 0 Å². The van der Waals surface area contributed by atoms with Crippen LogP contribution in [-0.2, 0) is 8.98 Å². The Balaban J connectivity index is 1.53. The zero-order valence-electron chi connectivity index (χ0n) is 16.9. The minimum absolute atomic E-state index is 0.137. The molecule has 1 atom stereocenters. The van der Waals surface area contributed by atoms with Gasteiger partial charge in [-0.3, -0.25) is 4.79 Å². The lowest BCUT2D eigenvalue weighted by Crippen LogP contribution is -2.24. The Kier molecular flexibility index (Phi) is 6.31. The average molecular weight is 414 g/mol. The quantitative estimate of drug-likeness (QED) is 0.585. The highest BCUT2D eigenvalue weighted by molar-refractivity contribution is 7.94. The fraction of sp³-hybridized carbons (Fsp3) is 0.435. The average Bonchev–Trinajstić information content (AvgIpc) is 3.38. The maximum atomic E-state index is 12.7. The van der Waals surface area contributed by atoms with Crippen molar-refractivity contribution in [3.8, 4) is 11.5 Å². The molecule has 1 aliphatic carbocycles. The van der Waals surface area contributed by atoms with E-state index in [2.05, 4.69) is 12.1 Å². The second-order valence-electron chi connectivity index (χ2n) is 7.59. The first kappa shape index (κ1) is 20.1. The summed E-state index contributed by atoms with van der Waals surface area (Å²) >= 11 is 1.30. The summed E-state index contributed by atoms with van der Waals surface area (Å²) in [6.45, 7) is 0.662. The Morgan fingerprint density at radius 2 is 1.86 bits per heavy atom. The van der Waals surface area contributed by atoms with Crippen LogP contribution in [0.2, 0.25) is 0 Å². The smallest absolute Gasteiger partial charge is 0.227 e. The van der Waals surface area contributed by atoms with Gasteiger partial charge in [-0.25, -0.2) is 0 Å². The summed E-state index contributed by atoms with van der Waals surface area (Å²) in [4.78, 5) is 15.6. The zero-order valence-corrected chi connectivity index (χ0v) is 17.7. The molecule has 1 saturated heterocycles. The fourth-order valence-corrected chi connectivity index (χ4v) is 4.70. The summed E-state index contributed by atoms with van der Waals surface area (Å²) in [5.41, 5.74) is 2.03. The normalized spacial score (nSPS) is 19.7. The lowest BCUT2D eigenvalue weighted by Gasteiger charge is -2.19. The molecule has 2 aromatic carbocycles. The minimum atomic E-state index is 0.137. The first-order chi connectivity index (χ1) is 14.2. The maximum absolute atomic E-state index is 12.7. The molecule has 4 rings (SSSR count). The van der Waals surface area contributed by atoms with Crippen LogP contribution >= 0.6 is 12.0 Å². The summed E-state index contributed by atoms with van der Waals surface area (Å²) in [6, 6.07) is 14.0. The highest BCUT2D eigenvalue weighted by atomic mass is 32.2. The van der Waals surface area contributed by atoms with Crippen molar-refractivity contribution >= 4 is 23.6 Å². The molecule has 154 valence electrons. The van der Waals surface area contributed by atoms with Gasteiger partial charge in [-0.2, -0.15) is 0 Å². The maximum Gasteiger partial charge on any atom is 0.227 e. The van der Waals surface area contributed by atoms with Crippen LogP contribution in [0.1, 0.15) is 43.6 Å². The van der Waals surface area contributed by atoms with Crippen LogP contribution < -0.4 is 14.4 Å². The molecule has 0 unspecified atom stereocenters. The number of carbonyl (C=O) groups excluding carboxylic acids is 1. The number of hydrogen-bond acceptors (Lipinski definition) is 5. The lowest BCUT2D eigenvalue weighted by molar-refractivity contribution is -0.117. The first-order valence-electron chi connectivity index (χ1n) is 10.1. The van der Waals surface area contributed by atoms with Gasteiger partial charge in [-0.1, -0.05) is 12.1 Å². The van der Waals surface area contributed by atoms with Crippen molar-refractivity contribution in [1.29, 1.82) is 0 Å². The third-order valence-corrected chi connectivity index (χ3v) is 6.30. The molecule has 2 aromatic rings. The number of nitrogens with zero attached hydrogens (tertiary/aromatic N) is 1. The Bertz CT molecular complexity index is 866. The zero-order chi connectivity index (χ0) is 20.2.